The molecule has 0 aromatic rings. The van der Waals surface area contributed by atoms with E-state index in [1.165, 1.54) is 13.5 Å². The smallest absolute Gasteiger partial charge is 0.320 e. The molecule has 0 bridgehead atoms. The van der Waals surface area contributed by atoms with Crippen molar-refractivity contribution in [3.05, 3.63) is 0 Å². The number of rotatable bonds is 6. The van der Waals surface area contributed by atoms with Crippen molar-refractivity contribution in [3.63, 3.8) is 0 Å². The van der Waals surface area contributed by atoms with E-state index in [2.05, 4.69) is 26.0 Å². The second kappa shape index (κ2) is 5.82. The lowest BCUT2D eigenvalue weighted by Gasteiger charge is -2.40. The van der Waals surface area contributed by atoms with Crippen LogP contribution in [0.1, 0.15) is 19.3 Å². The zero-order valence-corrected chi connectivity index (χ0v) is 10.8. The Morgan fingerprint density at radius 1 is 1.53 bits per heavy atom. The summed E-state index contributed by atoms with van der Waals surface area (Å²) in [6, 6.07) is 0. The molecule has 1 aliphatic rings. The lowest BCUT2D eigenvalue weighted by Crippen LogP contribution is -2.49. The summed E-state index contributed by atoms with van der Waals surface area (Å²) in [6.07, 6.45) is 3.42. The van der Waals surface area contributed by atoms with Crippen LogP contribution in [0.25, 0.3) is 0 Å². The number of hydrogen-bond donors (Lipinski definition) is 1. The van der Waals surface area contributed by atoms with Gasteiger partial charge >= 0.3 is 5.97 Å². The van der Waals surface area contributed by atoms with Crippen molar-refractivity contribution in [2.45, 2.75) is 29.7 Å². The minimum absolute atomic E-state index is 0.00282. The lowest BCUT2D eigenvalue weighted by molar-refractivity contribution is -0.139. The van der Waals surface area contributed by atoms with Crippen molar-refractivity contribution in [2.24, 2.45) is 0 Å². The van der Waals surface area contributed by atoms with Crippen LogP contribution in [0.15, 0.2) is 0 Å². The second-order valence-corrected chi connectivity index (χ2v) is 4.97. The summed E-state index contributed by atoms with van der Waals surface area (Å²) in [5.74, 6) is -0.248. The predicted molar refractivity (Wildman–Crippen MR) is 61.2 cm³/mol. The number of hydrogen-bond acceptors (Lipinski definition) is 4. The van der Waals surface area contributed by atoms with Gasteiger partial charge in [-0.1, -0.05) is 15.9 Å². The zero-order valence-electron chi connectivity index (χ0n) is 9.22. The monoisotopic (exact) mass is 279 g/mol. The standard InChI is InChI=1S/C10H18BrNO3/c1-14-9(13)8(11)6-12-7-10(15-2)4-3-5-10/h8,12H,3-7H2,1-2H3. The maximum Gasteiger partial charge on any atom is 0.320 e. The van der Waals surface area contributed by atoms with Crippen LogP contribution in [-0.2, 0) is 14.3 Å². The number of halogens is 1. The molecule has 1 saturated carbocycles. The fourth-order valence-electron chi connectivity index (χ4n) is 1.66. The first kappa shape index (κ1) is 12.9. The van der Waals surface area contributed by atoms with Gasteiger partial charge in [0.25, 0.3) is 0 Å². The summed E-state index contributed by atoms with van der Waals surface area (Å²) < 4.78 is 10.1. The second-order valence-electron chi connectivity index (χ2n) is 3.86. The number of carbonyl (C=O) groups is 1. The Bertz CT molecular complexity index is 213. The van der Waals surface area contributed by atoms with Crippen molar-refractivity contribution in [1.29, 1.82) is 0 Å². The molecule has 1 unspecified atom stereocenters. The Balaban J connectivity index is 2.18. The van der Waals surface area contributed by atoms with E-state index in [-0.39, 0.29) is 16.4 Å². The van der Waals surface area contributed by atoms with Gasteiger partial charge in [-0.05, 0) is 19.3 Å². The molecular weight excluding hydrogens is 262 g/mol. The molecule has 0 spiro atoms. The van der Waals surface area contributed by atoms with Crippen molar-refractivity contribution < 1.29 is 14.3 Å². The molecule has 15 heavy (non-hydrogen) atoms. The molecule has 0 aromatic carbocycles. The number of alkyl halides is 1. The van der Waals surface area contributed by atoms with E-state index < -0.39 is 0 Å². The van der Waals surface area contributed by atoms with Gasteiger partial charge in [-0.15, -0.1) is 0 Å². The molecule has 1 atom stereocenters. The van der Waals surface area contributed by atoms with Crippen LogP contribution >= 0.6 is 15.9 Å². The average molecular weight is 280 g/mol. The van der Waals surface area contributed by atoms with E-state index in [0.29, 0.717) is 6.54 Å². The molecule has 0 radical (unpaired) electrons. The molecule has 1 rings (SSSR count). The number of methoxy groups -OCH3 is 2. The molecule has 0 amide bonds. The highest BCUT2D eigenvalue weighted by Gasteiger charge is 2.36. The lowest BCUT2D eigenvalue weighted by atomic mass is 9.80. The highest BCUT2D eigenvalue weighted by atomic mass is 79.9. The van der Waals surface area contributed by atoms with Crippen molar-refractivity contribution in [1.82, 2.24) is 5.32 Å². The molecule has 0 saturated heterocycles. The molecule has 4 nitrogen and oxygen atoms in total. The Morgan fingerprint density at radius 3 is 2.60 bits per heavy atom. The number of carbonyl (C=O) groups excluding carboxylic acids is 1. The maximum absolute atomic E-state index is 11.1. The van der Waals surface area contributed by atoms with Gasteiger partial charge in [-0.3, -0.25) is 4.79 Å². The van der Waals surface area contributed by atoms with Gasteiger partial charge in [0.15, 0.2) is 0 Å². The van der Waals surface area contributed by atoms with E-state index in [1.807, 2.05) is 0 Å². The van der Waals surface area contributed by atoms with E-state index in [1.54, 1.807) is 7.11 Å². The summed E-state index contributed by atoms with van der Waals surface area (Å²) in [5.41, 5.74) is 0.00282. The average Bonchev–Trinajstić information content (AvgIpc) is 2.20. The normalized spacial score (nSPS) is 20.5. The van der Waals surface area contributed by atoms with Gasteiger partial charge in [0.2, 0.25) is 0 Å². The van der Waals surface area contributed by atoms with Crippen LogP contribution in [-0.4, -0.2) is 43.7 Å². The van der Waals surface area contributed by atoms with Crippen LogP contribution < -0.4 is 5.32 Å². The molecule has 0 aliphatic heterocycles. The molecule has 0 heterocycles. The molecule has 0 aromatic heterocycles. The van der Waals surface area contributed by atoms with E-state index in [9.17, 15) is 4.79 Å². The SMILES string of the molecule is COC(=O)C(Br)CNCC1(OC)CCC1. The third kappa shape index (κ3) is 3.43. The highest BCUT2D eigenvalue weighted by Crippen LogP contribution is 2.34. The van der Waals surface area contributed by atoms with Crippen molar-refractivity contribution >= 4 is 21.9 Å². The Kier molecular flexibility index (Phi) is 5.02. The fraction of sp³-hybridized carbons (Fsp3) is 0.900. The van der Waals surface area contributed by atoms with Crippen LogP contribution in [0, 0.1) is 0 Å². The molecule has 1 N–H and O–H groups in total. The summed E-state index contributed by atoms with van der Waals surface area (Å²) >= 11 is 3.26. The summed E-state index contributed by atoms with van der Waals surface area (Å²) in [4.78, 5) is 10.8. The number of ether oxygens (including phenoxy) is 2. The van der Waals surface area contributed by atoms with Crippen LogP contribution in [0.4, 0.5) is 0 Å². The Hall–Kier alpha value is -0.130. The molecule has 5 heteroatoms. The maximum atomic E-state index is 11.1. The fourth-order valence-corrected chi connectivity index (χ4v) is 2.08. The summed E-state index contributed by atoms with van der Waals surface area (Å²) in [5, 5.41) is 3.22. The van der Waals surface area contributed by atoms with Gasteiger partial charge in [0, 0.05) is 20.2 Å². The van der Waals surface area contributed by atoms with Gasteiger partial charge in [-0.2, -0.15) is 0 Å². The third-order valence-corrected chi connectivity index (χ3v) is 3.62. The number of nitrogens with one attached hydrogen (secondary N) is 1. The summed E-state index contributed by atoms with van der Waals surface area (Å²) in [6.45, 7) is 1.36. The van der Waals surface area contributed by atoms with E-state index >= 15 is 0 Å². The molecule has 88 valence electrons. The third-order valence-electron chi connectivity index (χ3n) is 2.93. The Labute approximate surface area is 98.8 Å². The minimum Gasteiger partial charge on any atom is -0.468 e. The minimum atomic E-state index is -0.281. The molecule has 1 fully saturated rings. The van der Waals surface area contributed by atoms with Gasteiger partial charge in [0.1, 0.15) is 4.83 Å². The largest absolute Gasteiger partial charge is 0.468 e. The Morgan fingerprint density at radius 2 is 2.20 bits per heavy atom. The molecular formula is C10H18BrNO3. The highest BCUT2D eigenvalue weighted by molar-refractivity contribution is 9.10. The topological polar surface area (TPSA) is 47.6 Å². The predicted octanol–water partition coefficient (Wildman–Crippen LogP) is 1.08. The van der Waals surface area contributed by atoms with Gasteiger partial charge in [-0.25, -0.2) is 0 Å². The number of esters is 1. The van der Waals surface area contributed by atoms with Crippen LogP contribution in [0.3, 0.4) is 0 Å². The molecule has 1 aliphatic carbocycles. The summed E-state index contributed by atoms with van der Waals surface area (Å²) in [7, 11) is 3.13. The van der Waals surface area contributed by atoms with Crippen LogP contribution in [0.2, 0.25) is 0 Å². The van der Waals surface area contributed by atoms with Crippen molar-refractivity contribution in [3.8, 4) is 0 Å². The first-order valence-corrected chi connectivity index (χ1v) is 6.03. The van der Waals surface area contributed by atoms with E-state index in [4.69, 9.17) is 4.74 Å². The zero-order chi connectivity index (χ0) is 11.3. The quantitative estimate of drug-likeness (QED) is 0.584. The van der Waals surface area contributed by atoms with E-state index in [0.717, 1.165) is 19.4 Å². The first-order chi connectivity index (χ1) is 7.13. The van der Waals surface area contributed by atoms with Crippen LogP contribution in [0.5, 0.6) is 0 Å². The van der Waals surface area contributed by atoms with Gasteiger partial charge in [0.05, 0.1) is 12.7 Å². The first-order valence-electron chi connectivity index (χ1n) is 5.11. The van der Waals surface area contributed by atoms with Crippen molar-refractivity contribution in [2.75, 3.05) is 27.3 Å². The van der Waals surface area contributed by atoms with Gasteiger partial charge < -0.3 is 14.8 Å².